The zero-order valence-corrected chi connectivity index (χ0v) is 15.9. The predicted molar refractivity (Wildman–Crippen MR) is 108 cm³/mol. The average molecular weight is 392 g/mol. The lowest BCUT2D eigenvalue weighted by Crippen LogP contribution is -2.31. The predicted octanol–water partition coefficient (Wildman–Crippen LogP) is 3.78. The topological polar surface area (TPSA) is 64.7 Å². The van der Waals surface area contributed by atoms with Crippen molar-refractivity contribution < 1.29 is 4.79 Å². The molecule has 2 heterocycles. The largest absolute Gasteiger partial charge is 0.338 e. The molecule has 0 fully saturated rings. The molecule has 0 bridgehead atoms. The first-order valence-corrected chi connectivity index (χ1v) is 9.13. The highest BCUT2D eigenvalue weighted by Gasteiger charge is 2.21. The van der Waals surface area contributed by atoms with Gasteiger partial charge in [0.2, 0.25) is 0 Å². The second kappa shape index (κ2) is 7.70. The number of amides is 1. The number of hydrogen-bond acceptors (Lipinski definition) is 3. The Hall–Kier alpha value is -3.38. The van der Waals surface area contributed by atoms with Crippen LogP contribution in [0.4, 0.5) is 0 Å². The first-order valence-electron chi connectivity index (χ1n) is 8.75. The van der Waals surface area contributed by atoms with Gasteiger partial charge in [-0.2, -0.15) is 5.10 Å². The summed E-state index contributed by atoms with van der Waals surface area (Å²) in [6.07, 6.45) is 7.13. The highest BCUT2D eigenvalue weighted by molar-refractivity contribution is 6.30. The van der Waals surface area contributed by atoms with Gasteiger partial charge in [0.25, 0.3) is 5.91 Å². The van der Waals surface area contributed by atoms with Gasteiger partial charge in [0.15, 0.2) is 0 Å². The summed E-state index contributed by atoms with van der Waals surface area (Å²) in [5.41, 5.74) is 2.35. The zero-order chi connectivity index (χ0) is 19.5. The standard InChI is InChI=1S/C21H18ClN5O/c1-26-14-12-23-20(26)19(15-3-7-17(22)8-4-15)25-21(28)16-5-9-18(10-6-16)27-13-2-11-24-27/h2-14,19H,1H3,(H,25,28)/t19-/m0/s1. The van der Waals surface area contributed by atoms with Crippen molar-refractivity contribution in [2.45, 2.75) is 6.04 Å². The third-order valence-corrected chi connectivity index (χ3v) is 4.75. The van der Waals surface area contributed by atoms with E-state index in [0.717, 1.165) is 17.1 Å². The molecule has 1 amide bonds. The van der Waals surface area contributed by atoms with Crippen LogP contribution in [0.25, 0.3) is 5.69 Å². The van der Waals surface area contributed by atoms with Crippen LogP contribution in [0.5, 0.6) is 0 Å². The minimum Gasteiger partial charge on any atom is -0.338 e. The van der Waals surface area contributed by atoms with E-state index < -0.39 is 6.04 Å². The van der Waals surface area contributed by atoms with Crippen LogP contribution < -0.4 is 5.32 Å². The molecular formula is C21H18ClN5O. The Bertz CT molecular complexity index is 1070. The Labute approximate surface area is 167 Å². The van der Waals surface area contributed by atoms with Crippen LogP contribution in [0.2, 0.25) is 5.02 Å². The summed E-state index contributed by atoms with van der Waals surface area (Å²) in [6, 6.07) is 16.1. The fourth-order valence-electron chi connectivity index (χ4n) is 3.01. The molecule has 140 valence electrons. The van der Waals surface area contributed by atoms with Crippen LogP contribution >= 0.6 is 11.6 Å². The molecule has 0 aliphatic rings. The van der Waals surface area contributed by atoms with Gasteiger partial charge in [-0.3, -0.25) is 4.79 Å². The SMILES string of the molecule is Cn1ccnc1[C@@H](NC(=O)c1ccc(-n2cccn2)cc1)c1ccc(Cl)cc1. The molecule has 0 saturated heterocycles. The van der Waals surface area contributed by atoms with Gasteiger partial charge < -0.3 is 9.88 Å². The van der Waals surface area contributed by atoms with Crippen molar-refractivity contribution in [3.8, 4) is 5.69 Å². The van der Waals surface area contributed by atoms with Crippen molar-refractivity contribution in [1.82, 2.24) is 24.6 Å². The van der Waals surface area contributed by atoms with E-state index in [1.807, 2.05) is 54.3 Å². The number of rotatable bonds is 5. The van der Waals surface area contributed by atoms with Crippen LogP contribution in [0, 0.1) is 0 Å². The van der Waals surface area contributed by atoms with E-state index in [1.165, 1.54) is 0 Å². The Balaban J connectivity index is 1.60. The maximum atomic E-state index is 12.9. The third kappa shape index (κ3) is 3.68. The fourth-order valence-corrected chi connectivity index (χ4v) is 3.13. The smallest absolute Gasteiger partial charge is 0.252 e. The van der Waals surface area contributed by atoms with E-state index in [-0.39, 0.29) is 5.91 Å². The van der Waals surface area contributed by atoms with Gasteiger partial charge in [0.1, 0.15) is 11.9 Å². The van der Waals surface area contributed by atoms with E-state index >= 15 is 0 Å². The highest BCUT2D eigenvalue weighted by Crippen LogP contribution is 2.23. The van der Waals surface area contributed by atoms with E-state index in [9.17, 15) is 4.79 Å². The van der Waals surface area contributed by atoms with E-state index in [0.29, 0.717) is 10.6 Å². The van der Waals surface area contributed by atoms with Crippen molar-refractivity contribution >= 4 is 17.5 Å². The number of imidazole rings is 1. The molecule has 2 aromatic heterocycles. The summed E-state index contributed by atoms with van der Waals surface area (Å²) < 4.78 is 3.63. The molecule has 0 aliphatic carbocycles. The summed E-state index contributed by atoms with van der Waals surface area (Å²) >= 11 is 6.02. The molecule has 0 saturated carbocycles. The molecule has 0 radical (unpaired) electrons. The molecule has 4 aromatic rings. The number of hydrogen-bond donors (Lipinski definition) is 1. The van der Waals surface area contributed by atoms with Crippen molar-refractivity contribution in [2.75, 3.05) is 0 Å². The van der Waals surface area contributed by atoms with Crippen LogP contribution in [-0.2, 0) is 7.05 Å². The van der Waals surface area contributed by atoms with Crippen LogP contribution in [0.1, 0.15) is 27.8 Å². The normalized spacial score (nSPS) is 11.9. The minimum atomic E-state index is -0.393. The van der Waals surface area contributed by atoms with Crippen molar-refractivity contribution in [2.24, 2.45) is 7.05 Å². The van der Waals surface area contributed by atoms with Crippen LogP contribution in [0.3, 0.4) is 0 Å². The second-order valence-corrected chi connectivity index (χ2v) is 6.79. The number of carbonyl (C=O) groups is 1. The molecular weight excluding hydrogens is 374 g/mol. The van der Waals surface area contributed by atoms with E-state index in [2.05, 4.69) is 15.4 Å². The Morgan fingerprint density at radius 3 is 2.39 bits per heavy atom. The molecule has 2 aromatic carbocycles. The summed E-state index contributed by atoms with van der Waals surface area (Å²) in [5.74, 6) is 0.554. The number of nitrogens with one attached hydrogen (secondary N) is 1. The Morgan fingerprint density at radius 2 is 1.79 bits per heavy atom. The van der Waals surface area contributed by atoms with Gasteiger partial charge in [-0.05, 0) is 48.0 Å². The average Bonchev–Trinajstić information content (AvgIpc) is 3.39. The zero-order valence-electron chi connectivity index (χ0n) is 15.2. The highest BCUT2D eigenvalue weighted by atomic mass is 35.5. The maximum Gasteiger partial charge on any atom is 0.252 e. The van der Waals surface area contributed by atoms with Gasteiger partial charge in [-0.25, -0.2) is 9.67 Å². The number of halogens is 1. The molecule has 6 nitrogen and oxygen atoms in total. The third-order valence-electron chi connectivity index (χ3n) is 4.49. The summed E-state index contributed by atoms with van der Waals surface area (Å²) in [4.78, 5) is 17.3. The quantitative estimate of drug-likeness (QED) is 0.563. The Kier molecular flexibility index (Phi) is 4.95. The first kappa shape index (κ1) is 18.0. The number of aromatic nitrogens is 4. The van der Waals surface area contributed by atoms with Crippen LogP contribution in [0.15, 0.2) is 79.4 Å². The first-order chi connectivity index (χ1) is 13.6. The van der Waals surface area contributed by atoms with E-state index in [4.69, 9.17) is 11.6 Å². The summed E-state index contributed by atoms with van der Waals surface area (Å²) in [6.45, 7) is 0. The number of aryl methyl sites for hydroxylation is 1. The van der Waals surface area contributed by atoms with Crippen LogP contribution in [-0.4, -0.2) is 25.2 Å². The van der Waals surface area contributed by atoms with Gasteiger partial charge in [0, 0.05) is 42.4 Å². The Morgan fingerprint density at radius 1 is 1.04 bits per heavy atom. The lowest BCUT2D eigenvalue weighted by Gasteiger charge is -2.19. The molecule has 1 atom stereocenters. The molecule has 0 aliphatic heterocycles. The van der Waals surface area contributed by atoms with Crippen molar-refractivity contribution in [1.29, 1.82) is 0 Å². The van der Waals surface area contributed by atoms with Gasteiger partial charge in [-0.15, -0.1) is 0 Å². The van der Waals surface area contributed by atoms with Crippen molar-refractivity contribution in [3.63, 3.8) is 0 Å². The van der Waals surface area contributed by atoms with Gasteiger partial charge >= 0.3 is 0 Å². The summed E-state index contributed by atoms with van der Waals surface area (Å²) in [5, 5.41) is 7.91. The molecule has 0 unspecified atom stereocenters. The number of carbonyl (C=O) groups excluding carboxylic acids is 1. The van der Waals surface area contributed by atoms with Crippen molar-refractivity contribution in [3.05, 3.63) is 101 Å². The molecule has 4 rings (SSSR count). The lowest BCUT2D eigenvalue weighted by molar-refractivity contribution is 0.0941. The summed E-state index contributed by atoms with van der Waals surface area (Å²) in [7, 11) is 1.90. The van der Waals surface area contributed by atoms with Gasteiger partial charge in [0.05, 0.1) is 5.69 Å². The molecule has 7 heteroatoms. The van der Waals surface area contributed by atoms with E-state index in [1.54, 1.807) is 41.3 Å². The second-order valence-electron chi connectivity index (χ2n) is 6.35. The lowest BCUT2D eigenvalue weighted by atomic mass is 10.1. The minimum absolute atomic E-state index is 0.185. The monoisotopic (exact) mass is 391 g/mol. The number of benzene rings is 2. The molecule has 0 spiro atoms. The fraction of sp³-hybridized carbons (Fsp3) is 0.0952. The van der Waals surface area contributed by atoms with Gasteiger partial charge in [-0.1, -0.05) is 23.7 Å². The molecule has 1 N–H and O–H groups in total. The molecule has 28 heavy (non-hydrogen) atoms. The number of nitrogens with zero attached hydrogens (tertiary/aromatic N) is 4. The maximum absolute atomic E-state index is 12.9.